The smallest absolute Gasteiger partial charge is 0.191 e. The molecule has 2 aromatic carbocycles. The zero-order chi connectivity index (χ0) is 20.5. The van der Waals surface area contributed by atoms with Crippen molar-refractivity contribution in [3.63, 3.8) is 0 Å². The normalized spacial score (nSPS) is 11.3. The number of nitrogens with one attached hydrogen (secondary N) is 2. The number of aryl methyl sites for hydroxylation is 1. The lowest BCUT2D eigenvalue weighted by molar-refractivity contribution is 0.411. The third-order valence-corrected chi connectivity index (χ3v) is 4.55. The van der Waals surface area contributed by atoms with Gasteiger partial charge in [0, 0.05) is 18.8 Å². The van der Waals surface area contributed by atoms with Gasteiger partial charge >= 0.3 is 0 Å². The molecule has 0 radical (unpaired) electrons. The quantitative estimate of drug-likeness (QED) is 0.455. The lowest BCUT2D eigenvalue weighted by Crippen LogP contribution is -2.38. The van der Waals surface area contributed by atoms with Crippen molar-refractivity contribution >= 4 is 5.96 Å². The number of methoxy groups -OCH3 is 1. The summed E-state index contributed by atoms with van der Waals surface area (Å²) in [5.74, 6) is 2.47. The van der Waals surface area contributed by atoms with E-state index < -0.39 is 0 Å². The monoisotopic (exact) mass is 392 g/mol. The Hall–Kier alpha value is -3.35. The van der Waals surface area contributed by atoms with Gasteiger partial charge in [-0.25, -0.2) is 4.99 Å². The van der Waals surface area contributed by atoms with Gasteiger partial charge in [-0.3, -0.25) is 4.57 Å². The maximum absolute atomic E-state index is 5.41. The summed E-state index contributed by atoms with van der Waals surface area (Å²) < 4.78 is 7.36. The molecule has 0 saturated carbocycles. The van der Waals surface area contributed by atoms with Gasteiger partial charge in [-0.05, 0) is 49.6 Å². The molecule has 3 aromatic rings. The topological polar surface area (TPSA) is 76.4 Å². The van der Waals surface area contributed by atoms with Crippen LogP contribution in [0.2, 0.25) is 0 Å². The van der Waals surface area contributed by atoms with Crippen molar-refractivity contribution in [1.29, 1.82) is 0 Å². The number of aromatic nitrogens is 3. The van der Waals surface area contributed by atoms with Gasteiger partial charge in [-0.2, -0.15) is 0 Å². The van der Waals surface area contributed by atoms with E-state index in [-0.39, 0.29) is 0 Å². The molecular weight excluding hydrogens is 364 g/mol. The predicted molar refractivity (Wildman–Crippen MR) is 116 cm³/mol. The lowest BCUT2D eigenvalue weighted by Gasteiger charge is -2.12. The van der Waals surface area contributed by atoms with E-state index in [1.807, 2.05) is 41.8 Å². The number of ether oxygens (including phenoxy) is 1. The van der Waals surface area contributed by atoms with Crippen molar-refractivity contribution in [1.82, 2.24) is 25.4 Å². The fourth-order valence-corrected chi connectivity index (χ4v) is 3.01. The zero-order valence-corrected chi connectivity index (χ0v) is 17.2. The standard InChI is InChI=1S/C22H28N6O/c1-4-23-22(24-13-12-18-11-10-17(2)20(14-18)29-3)25-15-21-27-26-16-28(21)19-8-6-5-7-9-19/h5-11,14,16H,4,12-13,15H2,1-3H3,(H2,23,24,25). The highest BCUT2D eigenvalue weighted by Crippen LogP contribution is 2.19. The average molecular weight is 393 g/mol. The van der Waals surface area contributed by atoms with Crippen molar-refractivity contribution in [2.45, 2.75) is 26.8 Å². The highest BCUT2D eigenvalue weighted by atomic mass is 16.5. The summed E-state index contributed by atoms with van der Waals surface area (Å²) in [5.41, 5.74) is 3.38. The highest BCUT2D eigenvalue weighted by Gasteiger charge is 2.07. The van der Waals surface area contributed by atoms with E-state index in [1.165, 1.54) is 5.56 Å². The second-order valence-corrected chi connectivity index (χ2v) is 6.63. The summed E-state index contributed by atoms with van der Waals surface area (Å²) in [4.78, 5) is 4.67. The SMILES string of the molecule is CCNC(=NCc1nncn1-c1ccccc1)NCCc1ccc(C)c(OC)c1. The molecule has 3 rings (SSSR count). The maximum Gasteiger partial charge on any atom is 0.191 e. The van der Waals surface area contributed by atoms with E-state index in [0.29, 0.717) is 6.54 Å². The van der Waals surface area contributed by atoms with Crippen LogP contribution in [0.5, 0.6) is 5.75 Å². The largest absolute Gasteiger partial charge is 0.496 e. The lowest BCUT2D eigenvalue weighted by atomic mass is 10.1. The molecule has 0 aliphatic carbocycles. The van der Waals surface area contributed by atoms with E-state index in [1.54, 1.807) is 13.4 Å². The fraction of sp³-hybridized carbons (Fsp3) is 0.318. The molecule has 7 nitrogen and oxygen atoms in total. The number of nitrogens with zero attached hydrogens (tertiary/aromatic N) is 4. The van der Waals surface area contributed by atoms with Crippen LogP contribution in [-0.4, -0.2) is 40.9 Å². The molecule has 1 aromatic heterocycles. The minimum absolute atomic E-state index is 0.433. The average Bonchev–Trinajstić information content (AvgIpc) is 3.22. The number of hydrogen-bond donors (Lipinski definition) is 2. The van der Waals surface area contributed by atoms with Crippen LogP contribution in [0, 0.1) is 6.92 Å². The van der Waals surface area contributed by atoms with Crippen molar-refractivity contribution in [2.24, 2.45) is 4.99 Å². The van der Waals surface area contributed by atoms with E-state index in [4.69, 9.17) is 4.74 Å². The number of benzene rings is 2. The molecule has 0 amide bonds. The van der Waals surface area contributed by atoms with E-state index in [9.17, 15) is 0 Å². The molecule has 2 N–H and O–H groups in total. The van der Waals surface area contributed by atoms with Gasteiger partial charge in [0.2, 0.25) is 0 Å². The van der Waals surface area contributed by atoms with Gasteiger partial charge in [0.15, 0.2) is 11.8 Å². The van der Waals surface area contributed by atoms with E-state index in [2.05, 4.69) is 50.9 Å². The van der Waals surface area contributed by atoms with Crippen LogP contribution in [-0.2, 0) is 13.0 Å². The molecule has 0 saturated heterocycles. The van der Waals surface area contributed by atoms with E-state index in [0.717, 1.165) is 48.3 Å². The first kappa shape index (κ1) is 20.4. The molecule has 0 atom stereocenters. The first-order chi connectivity index (χ1) is 14.2. The molecule has 0 spiro atoms. The van der Waals surface area contributed by atoms with Crippen LogP contribution in [0.15, 0.2) is 59.9 Å². The first-order valence-corrected chi connectivity index (χ1v) is 9.81. The number of guanidine groups is 1. The zero-order valence-electron chi connectivity index (χ0n) is 17.2. The molecule has 0 aliphatic rings. The molecule has 1 heterocycles. The van der Waals surface area contributed by atoms with Crippen molar-refractivity contribution in [3.8, 4) is 11.4 Å². The minimum atomic E-state index is 0.433. The van der Waals surface area contributed by atoms with Gasteiger partial charge in [0.1, 0.15) is 18.6 Å². The molecular formula is C22H28N6O. The highest BCUT2D eigenvalue weighted by molar-refractivity contribution is 5.79. The maximum atomic E-state index is 5.41. The Labute approximate surface area is 171 Å². The second kappa shape index (κ2) is 10.3. The number of para-hydroxylation sites is 1. The van der Waals surface area contributed by atoms with Crippen molar-refractivity contribution < 1.29 is 4.74 Å². The Morgan fingerprint density at radius 2 is 1.97 bits per heavy atom. The Kier molecular flexibility index (Phi) is 7.22. The molecule has 7 heteroatoms. The van der Waals surface area contributed by atoms with Crippen LogP contribution in [0.3, 0.4) is 0 Å². The molecule has 0 fully saturated rings. The Bertz CT molecular complexity index is 935. The third-order valence-electron chi connectivity index (χ3n) is 4.55. The summed E-state index contributed by atoms with van der Waals surface area (Å²) in [7, 11) is 1.70. The van der Waals surface area contributed by atoms with Crippen LogP contribution < -0.4 is 15.4 Å². The first-order valence-electron chi connectivity index (χ1n) is 9.81. The van der Waals surface area contributed by atoms with Crippen LogP contribution in [0.25, 0.3) is 5.69 Å². The number of rotatable bonds is 8. The number of hydrogen-bond acceptors (Lipinski definition) is 4. The number of aliphatic imine (C=N–C) groups is 1. The Morgan fingerprint density at radius 1 is 1.14 bits per heavy atom. The third kappa shape index (κ3) is 5.57. The summed E-state index contributed by atoms with van der Waals surface area (Å²) in [6.45, 7) is 6.08. The summed E-state index contributed by atoms with van der Waals surface area (Å²) >= 11 is 0. The molecule has 0 bridgehead atoms. The second-order valence-electron chi connectivity index (χ2n) is 6.63. The van der Waals surface area contributed by atoms with Crippen LogP contribution >= 0.6 is 0 Å². The van der Waals surface area contributed by atoms with Gasteiger partial charge < -0.3 is 15.4 Å². The molecule has 0 unspecified atom stereocenters. The molecule has 0 aliphatic heterocycles. The summed E-state index contributed by atoms with van der Waals surface area (Å²) in [6, 6.07) is 16.3. The van der Waals surface area contributed by atoms with Crippen molar-refractivity contribution in [3.05, 3.63) is 71.8 Å². The van der Waals surface area contributed by atoms with Gasteiger partial charge in [0.25, 0.3) is 0 Å². The van der Waals surface area contributed by atoms with Crippen LogP contribution in [0.4, 0.5) is 0 Å². The Morgan fingerprint density at radius 3 is 2.72 bits per heavy atom. The van der Waals surface area contributed by atoms with E-state index >= 15 is 0 Å². The molecule has 152 valence electrons. The van der Waals surface area contributed by atoms with Gasteiger partial charge in [0.05, 0.1) is 7.11 Å². The van der Waals surface area contributed by atoms with Gasteiger partial charge in [-0.15, -0.1) is 10.2 Å². The van der Waals surface area contributed by atoms with Gasteiger partial charge in [-0.1, -0.05) is 30.3 Å². The fourth-order valence-electron chi connectivity index (χ4n) is 3.01. The van der Waals surface area contributed by atoms with Crippen molar-refractivity contribution in [2.75, 3.05) is 20.2 Å². The summed E-state index contributed by atoms with van der Waals surface area (Å²) in [6.07, 6.45) is 2.59. The Balaban J connectivity index is 1.62. The van der Waals surface area contributed by atoms with Crippen LogP contribution in [0.1, 0.15) is 23.9 Å². The predicted octanol–water partition coefficient (Wildman–Crippen LogP) is 2.88. The minimum Gasteiger partial charge on any atom is -0.496 e. The summed E-state index contributed by atoms with van der Waals surface area (Å²) in [5, 5.41) is 14.9. The molecule has 29 heavy (non-hydrogen) atoms.